The van der Waals surface area contributed by atoms with Crippen LogP contribution in [-0.2, 0) is 19.4 Å². The lowest BCUT2D eigenvalue weighted by molar-refractivity contribution is -0.142. The molecule has 0 aromatic heterocycles. The second-order valence-corrected chi connectivity index (χ2v) is 6.64. The molecule has 116 valence electrons. The molecule has 0 saturated carbocycles. The van der Waals surface area contributed by atoms with Crippen molar-refractivity contribution >= 4 is 15.8 Å². The van der Waals surface area contributed by atoms with Gasteiger partial charge in [-0.15, -0.1) is 0 Å². The summed E-state index contributed by atoms with van der Waals surface area (Å²) in [5.74, 6) is 0.155. The molecule has 0 fully saturated rings. The molecule has 0 saturated heterocycles. The summed E-state index contributed by atoms with van der Waals surface area (Å²) in [4.78, 5) is 11.4. The second kappa shape index (κ2) is 6.80. The fourth-order valence-electron chi connectivity index (χ4n) is 1.91. The third-order valence-corrected chi connectivity index (χ3v) is 4.67. The van der Waals surface area contributed by atoms with Gasteiger partial charge in [0.25, 0.3) is 0 Å². The van der Waals surface area contributed by atoms with Crippen LogP contribution in [0.15, 0.2) is 23.1 Å². The molecule has 1 aromatic carbocycles. The Labute approximate surface area is 123 Å². The van der Waals surface area contributed by atoms with Gasteiger partial charge in [-0.05, 0) is 19.1 Å². The number of hydrogen-bond acceptors (Lipinski definition) is 6. The van der Waals surface area contributed by atoms with Gasteiger partial charge in [0, 0.05) is 12.5 Å². The maximum atomic E-state index is 12.2. The van der Waals surface area contributed by atoms with Crippen molar-refractivity contribution < 1.29 is 27.4 Å². The van der Waals surface area contributed by atoms with Crippen molar-refractivity contribution in [1.82, 2.24) is 0 Å². The van der Waals surface area contributed by atoms with E-state index in [0.29, 0.717) is 24.7 Å². The molecular weight excluding hydrogens is 296 g/mol. The average molecular weight is 314 g/mol. The van der Waals surface area contributed by atoms with Crippen LogP contribution in [-0.4, -0.2) is 40.0 Å². The van der Waals surface area contributed by atoms with Crippen molar-refractivity contribution in [1.29, 1.82) is 0 Å². The molecule has 1 aromatic rings. The highest BCUT2D eigenvalue weighted by Crippen LogP contribution is 2.32. The minimum atomic E-state index is -3.56. The van der Waals surface area contributed by atoms with E-state index < -0.39 is 15.8 Å². The summed E-state index contributed by atoms with van der Waals surface area (Å²) in [6.45, 7) is 2.94. The molecule has 0 N–H and O–H groups in total. The zero-order chi connectivity index (χ0) is 15.3. The SMILES string of the molecule is CCOC(=O)CCS(=O)(=O)c1ccc2c(c1)OCCCO2. The van der Waals surface area contributed by atoms with E-state index in [9.17, 15) is 13.2 Å². The predicted octanol–water partition coefficient (Wildman–Crippen LogP) is 1.57. The minimum absolute atomic E-state index is 0.121. The quantitative estimate of drug-likeness (QED) is 0.768. The number of carbonyl (C=O) groups is 1. The van der Waals surface area contributed by atoms with Crippen LogP contribution in [0.2, 0.25) is 0 Å². The summed E-state index contributed by atoms with van der Waals surface area (Å²) in [6, 6.07) is 4.49. The maximum absolute atomic E-state index is 12.2. The van der Waals surface area contributed by atoms with E-state index in [1.165, 1.54) is 12.1 Å². The van der Waals surface area contributed by atoms with Gasteiger partial charge in [-0.3, -0.25) is 4.79 Å². The van der Waals surface area contributed by atoms with E-state index in [4.69, 9.17) is 14.2 Å². The lowest BCUT2D eigenvalue weighted by Crippen LogP contribution is -2.13. The van der Waals surface area contributed by atoms with Gasteiger partial charge in [-0.2, -0.15) is 0 Å². The minimum Gasteiger partial charge on any atom is -0.490 e. The Hall–Kier alpha value is -1.76. The Morgan fingerprint density at radius 2 is 1.95 bits per heavy atom. The number of hydrogen-bond donors (Lipinski definition) is 0. The summed E-state index contributed by atoms with van der Waals surface area (Å²) < 4.78 is 40.1. The third-order valence-electron chi connectivity index (χ3n) is 2.96. The summed E-state index contributed by atoms with van der Waals surface area (Å²) in [7, 11) is -3.56. The van der Waals surface area contributed by atoms with E-state index in [1.807, 2.05) is 0 Å². The molecule has 2 rings (SSSR count). The van der Waals surface area contributed by atoms with Crippen LogP contribution >= 0.6 is 0 Å². The first-order valence-corrected chi connectivity index (χ1v) is 8.46. The van der Waals surface area contributed by atoms with E-state index in [-0.39, 0.29) is 23.7 Å². The molecule has 6 nitrogen and oxygen atoms in total. The molecule has 0 bridgehead atoms. The Balaban J connectivity index is 2.13. The van der Waals surface area contributed by atoms with Crippen molar-refractivity contribution in [2.24, 2.45) is 0 Å². The van der Waals surface area contributed by atoms with Crippen LogP contribution in [0.5, 0.6) is 11.5 Å². The molecule has 0 radical (unpaired) electrons. The highest BCUT2D eigenvalue weighted by atomic mass is 32.2. The van der Waals surface area contributed by atoms with Gasteiger partial charge in [0.05, 0.1) is 36.9 Å². The monoisotopic (exact) mass is 314 g/mol. The molecule has 0 unspecified atom stereocenters. The number of fused-ring (bicyclic) bond motifs is 1. The number of benzene rings is 1. The van der Waals surface area contributed by atoms with Crippen LogP contribution in [0.1, 0.15) is 19.8 Å². The van der Waals surface area contributed by atoms with Gasteiger partial charge in [-0.1, -0.05) is 0 Å². The summed E-state index contributed by atoms with van der Waals surface area (Å²) >= 11 is 0. The Morgan fingerprint density at radius 3 is 2.67 bits per heavy atom. The number of ether oxygens (including phenoxy) is 3. The zero-order valence-corrected chi connectivity index (χ0v) is 12.6. The van der Waals surface area contributed by atoms with Gasteiger partial charge in [0.2, 0.25) is 0 Å². The van der Waals surface area contributed by atoms with Gasteiger partial charge in [0.1, 0.15) is 0 Å². The molecule has 21 heavy (non-hydrogen) atoms. The normalized spacial score (nSPS) is 14.3. The molecule has 0 atom stereocenters. The average Bonchev–Trinajstić information content (AvgIpc) is 2.70. The van der Waals surface area contributed by atoms with Gasteiger partial charge in [-0.25, -0.2) is 8.42 Å². The first kappa shape index (κ1) is 15.6. The molecule has 7 heteroatoms. The predicted molar refractivity (Wildman–Crippen MR) is 75.4 cm³/mol. The van der Waals surface area contributed by atoms with E-state index >= 15 is 0 Å². The fourth-order valence-corrected chi connectivity index (χ4v) is 3.14. The topological polar surface area (TPSA) is 78.9 Å². The standard InChI is InChI=1S/C14H18O6S/c1-2-18-14(15)6-9-21(16,17)11-4-5-12-13(10-11)20-8-3-7-19-12/h4-5,10H,2-3,6-9H2,1H3. The van der Waals surface area contributed by atoms with Gasteiger partial charge in [0.15, 0.2) is 21.3 Å². The molecule has 1 heterocycles. The summed E-state index contributed by atoms with van der Waals surface area (Å²) in [5.41, 5.74) is 0. The highest BCUT2D eigenvalue weighted by molar-refractivity contribution is 7.91. The summed E-state index contributed by atoms with van der Waals surface area (Å²) in [5, 5.41) is 0. The van der Waals surface area contributed by atoms with E-state index in [0.717, 1.165) is 6.42 Å². The lowest BCUT2D eigenvalue weighted by atomic mass is 10.3. The zero-order valence-electron chi connectivity index (χ0n) is 11.8. The van der Waals surface area contributed by atoms with Crippen molar-refractivity contribution in [2.75, 3.05) is 25.6 Å². The van der Waals surface area contributed by atoms with Crippen LogP contribution in [0.25, 0.3) is 0 Å². The fraction of sp³-hybridized carbons (Fsp3) is 0.500. The van der Waals surface area contributed by atoms with Crippen molar-refractivity contribution in [3.63, 3.8) is 0 Å². The Bertz CT molecular complexity index is 608. The van der Waals surface area contributed by atoms with E-state index in [2.05, 4.69) is 0 Å². The Morgan fingerprint density at radius 1 is 1.24 bits per heavy atom. The van der Waals surface area contributed by atoms with Gasteiger partial charge < -0.3 is 14.2 Å². The van der Waals surface area contributed by atoms with Crippen LogP contribution in [0.3, 0.4) is 0 Å². The first-order chi connectivity index (χ1) is 10.0. The molecule has 0 amide bonds. The van der Waals surface area contributed by atoms with Crippen molar-refractivity contribution in [3.8, 4) is 11.5 Å². The second-order valence-electron chi connectivity index (χ2n) is 4.53. The smallest absolute Gasteiger partial charge is 0.306 e. The number of rotatable bonds is 5. The summed E-state index contributed by atoms with van der Waals surface area (Å²) in [6.07, 6.45) is 0.588. The molecule has 1 aliphatic rings. The van der Waals surface area contributed by atoms with Crippen LogP contribution in [0.4, 0.5) is 0 Å². The van der Waals surface area contributed by atoms with Crippen molar-refractivity contribution in [3.05, 3.63) is 18.2 Å². The van der Waals surface area contributed by atoms with Crippen LogP contribution < -0.4 is 9.47 Å². The lowest BCUT2D eigenvalue weighted by Gasteiger charge is -2.10. The van der Waals surface area contributed by atoms with Gasteiger partial charge >= 0.3 is 5.97 Å². The largest absolute Gasteiger partial charge is 0.490 e. The molecule has 0 aliphatic carbocycles. The molecule has 1 aliphatic heterocycles. The number of esters is 1. The third kappa shape index (κ3) is 4.10. The Kier molecular flexibility index (Phi) is 5.06. The number of sulfone groups is 1. The molecule has 0 spiro atoms. The van der Waals surface area contributed by atoms with E-state index in [1.54, 1.807) is 13.0 Å². The molecular formula is C14H18O6S. The van der Waals surface area contributed by atoms with Crippen molar-refractivity contribution in [2.45, 2.75) is 24.7 Å². The highest BCUT2D eigenvalue weighted by Gasteiger charge is 2.20. The maximum Gasteiger partial charge on any atom is 0.306 e. The first-order valence-electron chi connectivity index (χ1n) is 6.81. The van der Waals surface area contributed by atoms with Crippen LogP contribution in [0, 0.1) is 0 Å². The number of carbonyl (C=O) groups excluding carboxylic acids is 1.